The number of benzene rings is 7. The first kappa shape index (κ1) is 28.6. The lowest BCUT2D eigenvalue weighted by Crippen LogP contribution is -2.00. The lowest BCUT2D eigenvalue weighted by molar-refractivity contribution is 1.07. The topological polar surface area (TPSA) is 43.6 Å². The summed E-state index contributed by atoms with van der Waals surface area (Å²) in [7, 11) is 0. The molecule has 11 aromatic rings. The Labute approximate surface area is 300 Å². The first-order valence-corrected chi connectivity index (χ1v) is 18.6. The third kappa shape index (κ3) is 4.34. The molecule has 6 heteroatoms. The number of hydrogen-bond acceptors (Lipinski definition) is 5. The van der Waals surface area contributed by atoms with Crippen molar-refractivity contribution in [1.82, 2.24) is 19.5 Å². The molecule has 4 nitrogen and oxygen atoms in total. The summed E-state index contributed by atoms with van der Waals surface area (Å²) < 4.78 is 7.80. The fourth-order valence-electron chi connectivity index (χ4n) is 7.58. The number of aromatic nitrogens is 4. The molecule has 0 fully saturated rings. The van der Waals surface area contributed by atoms with E-state index in [1.807, 2.05) is 83.3 Å². The number of thiophene rings is 2. The zero-order valence-corrected chi connectivity index (χ0v) is 28.7. The molecule has 4 heterocycles. The van der Waals surface area contributed by atoms with Crippen LogP contribution in [-0.2, 0) is 0 Å². The van der Waals surface area contributed by atoms with Crippen LogP contribution >= 0.6 is 22.7 Å². The maximum Gasteiger partial charge on any atom is 0.164 e. The first-order chi connectivity index (χ1) is 25.3. The Morgan fingerprint density at radius 2 is 0.804 bits per heavy atom. The van der Waals surface area contributed by atoms with Crippen molar-refractivity contribution in [2.45, 2.75) is 0 Å². The highest BCUT2D eigenvalue weighted by Gasteiger charge is 2.24. The number of hydrogen-bond donors (Lipinski definition) is 0. The Bertz CT molecular complexity index is 3030. The van der Waals surface area contributed by atoms with E-state index < -0.39 is 0 Å². The van der Waals surface area contributed by atoms with Gasteiger partial charge in [-0.3, -0.25) is 0 Å². The van der Waals surface area contributed by atoms with E-state index >= 15 is 0 Å². The summed E-state index contributed by atoms with van der Waals surface area (Å²) in [4.78, 5) is 14.9. The highest BCUT2D eigenvalue weighted by atomic mass is 32.1. The zero-order chi connectivity index (χ0) is 33.5. The Morgan fingerprint density at radius 1 is 0.373 bits per heavy atom. The fourth-order valence-corrected chi connectivity index (χ4v) is 10.2. The maximum atomic E-state index is 4.99. The second kappa shape index (κ2) is 11.2. The van der Waals surface area contributed by atoms with Gasteiger partial charge in [0, 0.05) is 73.5 Å². The standard InChI is InChI=1S/C45H26N4S2/c1-3-13-27(14-4-1)43-46-44(28-15-5-2-6-16-28)48-45(47-43)29-23-25-30(26-24-29)49-34-20-10-7-17-31(34)37-40(49)38-32-18-8-11-21-35(32)50-42(38)39-33-19-9-12-22-36(33)51-41(37)39/h1-26H. The molecule has 0 spiro atoms. The van der Waals surface area contributed by atoms with E-state index in [9.17, 15) is 0 Å². The fraction of sp³-hybridized carbons (Fsp3) is 0. The van der Waals surface area contributed by atoms with Crippen molar-refractivity contribution in [2.24, 2.45) is 0 Å². The molecule has 0 aliphatic heterocycles. The summed E-state index contributed by atoms with van der Waals surface area (Å²) >= 11 is 3.82. The van der Waals surface area contributed by atoms with Crippen molar-refractivity contribution < 1.29 is 0 Å². The summed E-state index contributed by atoms with van der Waals surface area (Å²) in [5, 5.41) is 7.91. The van der Waals surface area contributed by atoms with E-state index in [-0.39, 0.29) is 0 Å². The summed E-state index contributed by atoms with van der Waals surface area (Å²) in [6.45, 7) is 0. The van der Waals surface area contributed by atoms with Gasteiger partial charge in [0.25, 0.3) is 0 Å². The van der Waals surface area contributed by atoms with Crippen LogP contribution in [0.2, 0.25) is 0 Å². The normalized spacial score (nSPS) is 11.9. The molecule has 238 valence electrons. The number of nitrogens with zero attached hydrogens (tertiary/aromatic N) is 4. The Morgan fingerprint density at radius 3 is 1.37 bits per heavy atom. The van der Waals surface area contributed by atoms with E-state index in [0.717, 1.165) is 22.4 Å². The van der Waals surface area contributed by atoms with Gasteiger partial charge in [-0.15, -0.1) is 22.7 Å². The van der Waals surface area contributed by atoms with Crippen LogP contribution in [0.5, 0.6) is 0 Å². The quantitative estimate of drug-likeness (QED) is 0.185. The maximum absolute atomic E-state index is 4.99. The molecule has 7 aromatic carbocycles. The van der Waals surface area contributed by atoms with Gasteiger partial charge in [-0.2, -0.15) is 0 Å². The van der Waals surface area contributed by atoms with Crippen molar-refractivity contribution in [1.29, 1.82) is 0 Å². The molecule has 0 bridgehead atoms. The predicted octanol–water partition coefficient (Wildman–Crippen LogP) is 12.7. The second-order valence-corrected chi connectivity index (χ2v) is 14.9. The molecule has 0 unspecified atom stereocenters. The molecule has 0 saturated heterocycles. The molecule has 51 heavy (non-hydrogen) atoms. The van der Waals surface area contributed by atoms with Gasteiger partial charge in [0.2, 0.25) is 0 Å². The van der Waals surface area contributed by atoms with Crippen molar-refractivity contribution in [3.05, 3.63) is 158 Å². The third-order valence-electron chi connectivity index (χ3n) is 9.84. The van der Waals surface area contributed by atoms with Gasteiger partial charge in [0.15, 0.2) is 17.5 Å². The molecule has 0 aliphatic rings. The SMILES string of the molecule is c1ccc(-c2nc(-c3ccccc3)nc(-c3ccc(-n4c5ccccc5c5c6sc7ccccc7c6c6sc7ccccc7c6c54)cc3)n2)cc1. The largest absolute Gasteiger partial charge is 0.309 e. The Hall–Kier alpha value is -6.21. The smallest absolute Gasteiger partial charge is 0.164 e. The molecule has 0 aliphatic carbocycles. The second-order valence-electron chi connectivity index (χ2n) is 12.8. The van der Waals surface area contributed by atoms with Crippen LogP contribution in [0.15, 0.2) is 158 Å². The molecule has 0 saturated carbocycles. The molecule has 0 radical (unpaired) electrons. The predicted molar refractivity (Wildman–Crippen MR) is 216 cm³/mol. The number of rotatable bonds is 4. The monoisotopic (exact) mass is 686 g/mol. The summed E-state index contributed by atoms with van der Waals surface area (Å²) in [6, 6.07) is 55.6. The Balaban J connectivity index is 1.18. The van der Waals surface area contributed by atoms with Crippen LogP contribution in [0.4, 0.5) is 0 Å². The van der Waals surface area contributed by atoms with Gasteiger partial charge in [0.1, 0.15) is 0 Å². The van der Waals surface area contributed by atoms with Gasteiger partial charge in [0.05, 0.1) is 11.0 Å². The lowest BCUT2D eigenvalue weighted by Gasteiger charge is -2.11. The van der Waals surface area contributed by atoms with Crippen LogP contribution in [0.3, 0.4) is 0 Å². The van der Waals surface area contributed by atoms with Crippen molar-refractivity contribution in [3.8, 4) is 39.9 Å². The van der Waals surface area contributed by atoms with Gasteiger partial charge < -0.3 is 4.57 Å². The highest BCUT2D eigenvalue weighted by molar-refractivity contribution is 7.30. The van der Waals surface area contributed by atoms with Crippen LogP contribution < -0.4 is 0 Å². The van der Waals surface area contributed by atoms with Gasteiger partial charge >= 0.3 is 0 Å². The van der Waals surface area contributed by atoms with E-state index in [4.69, 9.17) is 15.0 Å². The van der Waals surface area contributed by atoms with E-state index in [1.165, 1.54) is 62.2 Å². The minimum atomic E-state index is 0.648. The molecule has 0 atom stereocenters. The summed E-state index contributed by atoms with van der Waals surface area (Å²) in [6.07, 6.45) is 0. The average molecular weight is 687 g/mol. The minimum absolute atomic E-state index is 0.648. The average Bonchev–Trinajstić information content (AvgIpc) is 3.88. The minimum Gasteiger partial charge on any atom is -0.309 e. The molecule has 11 rings (SSSR count). The van der Waals surface area contributed by atoms with Crippen LogP contribution in [0.1, 0.15) is 0 Å². The van der Waals surface area contributed by atoms with Gasteiger partial charge in [-0.1, -0.05) is 115 Å². The summed E-state index contributed by atoms with van der Waals surface area (Å²) in [5.41, 5.74) is 6.41. The number of para-hydroxylation sites is 1. The summed E-state index contributed by atoms with van der Waals surface area (Å²) in [5.74, 6) is 1.96. The van der Waals surface area contributed by atoms with Crippen molar-refractivity contribution in [3.63, 3.8) is 0 Å². The van der Waals surface area contributed by atoms with E-state index in [2.05, 4.69) is 102 Å². The highest BCUT2D eigenvalue weighted by Crippen LogP contribution is 2.52. The van der Waals surface area contributed by atoms with Crippen LogP contribution in [0.25, 0.3) is 102 Å². The third-order valence-corrected chi connectivity index (χ3v) is 12.2. The van der Waals surface area contributed by atoms with Crippen molar-refractivity contribution >= 4 is 84.8 Å². The van der Waals surface area contributed by atoms with E-state index in [1.54, 1.807) is 0 Å². The number of fused-ring (bicyclic) bond motifs is 12. The van der Waals surface area contributed by atoms with Crippen LogP contribution in [-0.4, -0.2) is 19.5 Å². The molecule has 4 aromatic heterocycles. The Kier molecular flexibility index (Phi) is 6.26. The molecule has 0 N–H and O–H groups in total. The molecular weight excluding hydrogens is 661 g/mol. The first-order valence-electron chi connectivity index (χ1n) is 17.0. The molecule has 0 amide bonds. The zero-order valence-electron chi connectivity index (χ0n) is 27.1. The van der Waals surface area contributed by atoms with E-state index in [0.29, 0.717) is 17.5 Å². The molecular formula is C45H26N4S2. The van der Waals surface area contributed by atoms with Gasteiger partial charge in [-0.05, 0) is 42.5 Å². The van der Waals surface area contributed by atoms with Crippen molar-refractivity contribution in [2.75, 3.05) is 0 Å². The van der Waals surface area contributed by atoms with Gasteiger partial charge in [-0.25, -0.2) is 15.0 Å². The lowest BCUT2D eigenvalue weighted by atomic mass is 10.0. The van der Waals surface area contributed by atoms with Crippen LogP contribution in [0, 0.1) is 0 Å².